The zero-order valence-electron chi connectivity index (χ0n) is 19.8. The molecule has 35 heavy (non-hydrogen) atoms. The second-order valence-corrected chi connectivity index (χ2v) is 8.17. The monoisotopic (exact) mass is 471 g/mol. The Morgan fingerprint density at radius 1 is 1.20 bits per heavy atom. The van der Waals surface area contributed by atoms with Gasteiger partial charge in [0.05, 0.1) is 17.8 Å². The summed E-state index contributed by atoms with van der Waals surface area (Å²) >= 11 is 0. The average Bonchev–Trinajstić information content (AvgIpc) is 2.88. The molecule has 0 unspecified atom stereocenters. The number of aromatic nitrogens is 2. The highest BCUT2D eigenvalue weighted by molar-refractivity contribution is 6.04. The van der Waals surface area contributed by atoms with Crippen LogP contribution in [0.5, 0.6) is 5.75 Å². The van der Waals surface area contributed by atoms with Gasteiger partial charge in [0.1, 0.15) is 17.9 Å². The lowest BCUT2D eigenvalue weighted by atomic mass is 10.1. The summed E-state index contributed by atoms with van der Waals surface area (Å²) in [4.78, 5) is 21.7. The molecule has 3 aromatic rings. The van der Waals surface area contributed by atoms with Crippen molar-refractivity contribution in [3.8, 4) is 18.1 Å². The van der Waals surface area contributed by atoms with E-state index in [1.165, 1.54) is 6.33 Å². The normalized spacial score (nSPS) is 13.2. The zero-order chi connectivity index (χ0) is 24.5. The summed E-state index contributed by atoms with van der Waals surface area (Å²) in [6.07, 6.45) is 11.2. The lowest BCUT2D eigenvalue weighted by Gasteiger charge is -2.17. The van der Waals surface area contributed by atoms with Gasteiger partial charge in [-0.25, -0.2) is 9.97 Å². The molecular formula is C27H29N5O3. The second kappa shape index (κ2) is 12.0. The van der Waals surface area contributed by atoms with Gasteiger partial charge in [0.2, 0.25) is 5.91 Å². The number of carbonyl (C=O) groups excluding carboxylic acids is 1. The van der Waals surface area contributed by atoms with E-state index in [4.69, 9.17) is 15.9 Å². The summed E-state index contributed by atoms with van der Waals surface area (Å²) in [6, 6.07) is 11.2. The topological polar surface area (TPSA) is 97.4 Å². The number of hydrogen-bond acceptors (Lipinski definition) is 7. The first kappa shape index (κ1) is 24.2. The Morgan fingerprint density at radius 2 is 2.06 bits per heavy atom. The molecule has 180 valence electrons. The van der Waals surface area contributed by atoms with E-state index in [2.05, 4.69) is 31.8 Å². The van der Waals surface area contributed by atoms with Crippen LogP contribution in [0.2, 0.25) is 0 Å². The number of nitrogens with zero attached hydrogens (tertiary/aromatic N) is 2. The van der Waals surface area contributed by atoms with Gasteiger partial charge in [-0.15, -0.1) is 6.42 Å². The third-order valence-electron chi connectivity index (χ3n) is 5.62. The number of amides is 1. The molecule has 2 heterocycles. The number of methoxy groups -OCH3 is 1. The lowest BCUT2D eigenvalue weighted by molar-refractivity contribution is -0.112. The molecule has 1 fully saturated rings. The first-order valence-electron chi connectivity index (χ1n) is 11.6. The molecule has 0 atom stereocenters. The van der Waals surface area contributed by atoms with Crippen LogP contribution in [0.25, 0.3) is 10.9 Å². The van der Waals surface area contributed by atoms with Gasteiger partial charge >= 0.3 is 0 Å². The molecule has 1 amide bonds. The van der Waals surface area contributed by atoms with Crippen LogP contribution in [0.3, 0.4) is 0 Å². The maximum atomic E-state index is 12.8. The van der Waals surface area contributed by atoms with Crippen LogP contribution >= 0.6 is 0 Å². The number of hydrogen-bond donors (Lipinski definition) is 3. The fourth-order valence-corrected chi connectivity index (χ4v) is 3.86. The van der Waals surface area contributed by atoms with Crippen LogP contribution < -0.4 is 20.7 Å². The van der Waals surface area contributed by atoms with Crippen molar-refractivity contribution in [2.45, 2.75) is 19.3 Å². The molecule has 1 aliphatic rings. The van der Waals surface area contributed by atoms with E-state index in [1.54, 1.807) is 13.2 Å². The number of anilines is 3. The largest absolute Gasteiger partial charge is 0.491 e. The van der Waals surface area contributed by atoms with Crippen molar-refractivity contribution in [1.29, 1.82) is 0 Å². The van der Waals surface area contributed by atoms with Crippen molar-refractivity contribution in [2.75, 3.05) is 44.0 Å². The summed E-state index contributed by atoms with van der Waals surface area (Å²) in [5.41, 5.74) is 3.94. The Balaban J connectivity index is 1.66. The van der Waals surface area contributed by atoms with E-state index < -0.39 is 0 Å². The van der Waals surface area contributed by atoms with Crippen LogP contribution in [0, 0.1) is 12.3 Å². The van der Waals surface area contributed by atoms with Crippen LogP contribution in [-0.4, -0.2) is 49.3 Å². The minimum atomic E-state index is -0.184. The van der Waals surface area contributed by atoms with Crippen molar-refractivity contribution in [3.05, 3.63) is 59.9 Å². The van der Waals surface area contributed by atoms with Crippen molar-refractivity contribution < 1.29 is 14.3 Å². The van der Waals surface area contributed by atoms with Gasteiger partial charge in [-0.3, -0.25) is 4.79 Å². The van der Waals surface area contributed by atoms with Gasteiger partial charge in [-0.2, -0.15) is 0 Å². The third kappa shape index (κ3) is 6.57. The maximum absolute atomic E-state index is 12.8. The van der Waals surface area contributed by atoms with E-state index in [1.807, 2.05) is 36.4 Å². The van der Waals surface area contributed by atoms with E-state index in [-0.39, 0.29) is 5.91 Å². The molecule has 3 N–H and O–H groups in total. The molecular weight excluding hydrogens is 442 g/mol. The van der Waals surface area contributed by atoms with Crippen LogP contribution in [0.15, 0.2) is 54.4 Å². The maximum Gasteiger partial charge on any atom is 0.248 e. The number of piperidine rings is 1. The molecule has 1 saturated heterocycles. The van der Waals surface area contributed by atoms with E-state index in [0.29, 0.717) is 36.0 Å². The molecule has 2 aromatic carbocycles. The molecule has 0 aliphatic carbocycles. The van der Waals surface area contributed by atoms with Crippen molar-refractivity contribution in [2.24, 2.45) is 0 Å². The van der Waals surface area contributed by atoms with Crippen LogP contribution in [0.1, 0.15) is 24.8 Å². The Kier molecular flexibility index (Phi) is 8.28. The molecule has 1 aromatic heterocycles. The van der Waals surface area contributed by atoms with Crippen molar-refractivity contribution in [1.82, 2.24) is 15.3 Å². The minimum Gasteiger partial charge on any atom is -0.491 e. The standard InChI is InChI=1S/C27H29N5O3/c1-3-19-6-4-7-21(14-19)31-27-22-16-24(32-26(33)15-20-8-10-28-11-9-20)25(35-13-5-12-34-2)17-23(22)29-18-30-27/h1,4,6-7,14-18,28H,5,8-13H2,2H3,(H,32,33)(H,29,30,31). The summed E-state index contributed by atoms with van der Waals surface area (Å²) in [7, 11) is 1.65. The van der Waals surface area contributed by atoms with Gasteiger partial charge in [0, 0.05) is 48.9 Å². The minimum absolute atomic E-state index is 0.184. The van der Waals surface area contributed by atoms with E-state index in [9.17, 15) is 4.79 Å². The van der Waals surface area contributed by atoms with Gasteiger partial charge < -0.3 is 25.4 Å². The number of ether oxygens (including phenoxy) is 2. The predicted octanol–water partition coefficient (Wildman–Crippen LogP) is 4.02. The summed E-state index contributed by atoms with van der Waals surface area (Å²) < 4.78 is 11.1. The number of rotatable bonds is 9. The van der Waals surface area contributed by atoms with Gasteiger partial charge in [-0.1, -0.05) is 17.6 Å². The summed E-state index contributed by atoms with van der Waals surface area (Å²) in [6.45, 7) is 2.80. The lowest BCUT2D eigenvalue weighted by Crippen LogP contribution is -2.24. The van der Waals surface area contributed by atoms with Crippen molar-refractivity contribution in [3.63, 3.8) is 0 Å². The Labute approximate surface area is 205 Å². The van der Waals surface area contributed by atoms with Crippen LogP contribution in [-0.2, 0) is 9.53 Å². The SMILES string of the molecule is C#Cc1cccc(Nc2ncnc3cc(OCCCOC)c(NC(=O)C=C4CCNCC4)cc23)c1. The summed E-state index contributed by atoms with van der Waals surface area (Å²) in [5, 5.41) is 10.4. The quantitative estimate of drug-likeness (QED) is 0.246. The number of carbonyl (C=O) groups is 1. The smallest absolute Gasteiger partial charge is 0.248 e. The number of terminal acetylenes is 1. The van der Waals surface area contributed by atoms with Gasteiger partial charge in [0.25, 0.3) is 0 Å². The first-order chi connectivity index (χ1) is 17.2. The van der Waals surface area contributed by atoms with Crippen LogP contribution in [0.4, 0.5) is 17.2 Å². The van der Waals surface area contributed by atoms with Gasteiger partial charge in [-0.05, 0) is 50.2 Å². The number of fused-ring (bicyclic) bond motifs is 1. The number of nitrogens with one attached hydrogen (secondary N) is 3. The third-order valence-corrected chi connectivity index (χ3v) is 5.62. The van der Waals surface area contributed by atoms with E-state index >= 15 is 0 Å². The second-order valence-electron chi connectivity index (χ2n) is 8.17. The Morgan fingerprint density at radius 3 is 2.86 bits per heavy atom. The highest BCUT2D eigenvalue weighted by atomic mass is 16.5. The zero-order valence-corrected chi connectivity index (χ0v) is 19.8. The fourth-order valence-electron chi connectivity index (χ4n) is 3.86. The molecule has 0 radical (unpaired) electrons. The molecule has 0 spiro atoms. The number of benzene rings is 2. The van der Waals surface area contributed by atoms with Crippen molar-refractivity contribution >= 4 is 34.0 Å². The Hall–Kier alpha value is -3.93. The van der Waals surface area contributed by atoms with Gasteiger partial charge in [0.15, 0.2) is 0 Å². The average molecular weight is 472 g/mol. The molecule has 8 heteroatoms. The molecule has 1 aliphatic heterocycles. The summed E-state index contributed by atoms with van der Waals surface area (Å²) in [5.74, 6) is 3.60. The highest BCUT2D eigenvalue weighted by Gasteiger charge is 2.14. The highest BCUT2D eigenvalue weighted by Crippen LogP contribution is 2.33. The molecule has 0 bridgehead atoms. The predicted molar refractivity (Wildman–Crippen MR) is 138 cm³/mol. The van der Waals surface area contributed by atoms with E-state index in [0.717, 1.165) is 54.6 Å². The fraction of sp³-hybridized carbons (Fsp3) is 0.296. The molecule has 4 rings (SSSR count). The Bertz CT molecular complexity index is 1260. The molecule has 0 saturated carbocycles. The first-order valence-corrected chi connectivity index (χ1v) is 11.6. The molecule has 8 nitrogen and oxygen atoms in total.